The van der Waals surface area contributed by atoms with Crippen molar-refractivity contribution in [1.29, 1.82) is 0 Å². The molecule has 1 saturated heterocycles. The Balaban J connectivity index is 1.77. The van der Waals surface area contributed by atoms with Crippen LogP contribution in [0.2, 0.25) is 0 Å². The van der Waals surface area contributed by atoms with Gasteiger partial charge in [0.2, 0.25) is 0 Å². The molecule has 0 bridgehead atoms. The van der Waals surface area contributed by atoms with E-state index in [9.17, 15) is 50.3 Å². The Kier molecular flexibility index (Phi) is 21.3. The summed E-state index contributed by atoms with van der Waals surface area (Å²) in [4.78, 5) is 10.5. The van der Waals surface area contributed by atoms with Crippen molar-refractivity contribution in [2.75, 3.05) is 19.8 Å². The zero-order chi connectivity index (χ0) is 35.7. The van der Waals surface area contributed by atoms with Gasteiger partial charge in [0.25, 0.3) is 0 Å². The topological polar surface area (TPSA) is 245 Å². The first-order valence-corrected chi connectivity index (χ1v) is 19.3. The molecular formula is C32H63O15P. The second kappa shape index (κ2) is 23.3. The molecule has 2 aliphatic rings. The van der Waals surface area contributed by atoms with Crippen LogP contribution in [0, 0.1) is 0 Å². The van der Waals surface area contributed by atoms with E-state index < -0.39 is 87.9 Å². The molecule has 1 aliphatic heterocycles. The van der Waals surface area contributed by atoms with Crippen LogP contribution in [-0.2, 0) is 27.8 Å². The van der Waals surface area contributed by atoms with E-state index in [0.29, 0.717) is 13.0 Å². The van der Waals surface area contributed by atoms with Crippen molar-refractivity contribution in [2.45, 2.75) is 184 Å². The van der Waals surface area contributed by atoms with Crippen LogP contribution in [-0.4, -0.2) is 139 Å². The highest BCUT2D eigenvalue weighted by atomic mass is 31.2. The van der Waals surface area contributed by atoms with E-state index in [1.54, 1.807) is 0 Å². The fraction of sp³-hybridized carbons (Fsp3) is 1.00. The molecule has 2 rings (SSSR count). The lowest BCUT2D eigenvalue weighted by Crippen LogP contribution is -2.67. The summed E-state index contributed by atoms with van der Waals surface area (Å²) in [7, 11) is -5.02. The minimum absolute atomic E-state index is 0.350. The standard InChI is InChI=1S/C32H63O15P/c1-3-5-6-7-8-9-10-11-12-13-14-15-16-17-18-43-21(4-2)20-44-48(41,42)47-31-28(39)26(37)25(36)27(38)30(31)46-32-29(40)24(35)23(34)22(19-33)45-32/h21-40H,3-20H2,1-2H3,(H,41,42)/t21-,22?,23-,24?,25+,26?,27+,28?,29-,30?,31-,32-/m1/s1. The average Bonchev–Trinajstić information content (AvgIpc) is 3.07. The maximum absolute atomic E-state index is 12.9. The first-order valence-electron chi connectivity index (χ1n) is 17.8. The Morgan fingerprint density at radius 2 is 1.12 bits per heavy atom. The highest BCUT2D eigenvalue weighted by molar-refractivity contribution is 7.47. The number of ether oxygens (including phenoxy) is 3. The molecule has 15 nitrogen and oxygen atoms in total. The predicted octanol–water partition coefficient (Wildman–Crippen LogP) is 1.41. The summed E-state index contributed by atoms with van der Waals surface area (Å²) in [5.74, 6) is 0. The van der Waals surface area contributed by atoms with Gasteiger partial charge in [-0.1, -0.05) is 97.3 Å². The number of aliphatic hydroxyl groups is 8. The average molecular weight is 719 g/mol. The molecule has 16 heteroatoms. The summed E-state index contributed by atoms with van der Waals surface area (Å²) >= 11 is 0. The van der Waals surface area contributed by atoms with E-state index in [-0.39, 0.29) is 6.61 Å². The van der Waals surface area contributed by atoms with E-state index in [4.69, 9.17) is 23.3 Å². The molecule has 0 aromatic carbocycles. The molecule has 0 spiro atoms. The van der Waals surface area contributed by atoms with Crippen molar-refractivity contribution in [3.8, 4) is 0 Å². The van der Waals surface area contributed by atoms with E-state index in [2.05, 4.69) is 6.92 Å². The van der Waals surface area contributed by atoms with Gasteiger partial charge in [0, 0.05) is 6.61 Å². The van der Waals surface area contributed by atoms with Crippen molar-refractivity contribution in [3.63, 3.8) is 0 Å². The molecule has 2 fully saturated rings. The van der Waals surface area contributed by atoms with Gasteiger partial charge < -0.3 is 60.0 Å². The van der Waals surface area contributed by atoms with Gasteiger partial charge in [-0.3, -0.25) is 9.05 Å². The Labute approximate surface area is 284 Å². The molecule has 0 aromatic heterocycles. The summed E-state index contributed by atoms with van der Waals surface area (Å²) in [6.45, 7) is 3.34. The van der Waals surface area contributed by atoms with Crippen molar-refractivity contribution in [3.05, 3.63) is 0 Å². The highest BCUT2D eigenvalue weighted by Gasteiger charge is 2.55. The van der Waals surface area contributed by atoms with E-state index in [1.165, 1.54) is 70.6 Å². The van der Waals surface area contributed by atoms with Crippen molar-refractivity contribution in [1.82, 2.24) is 0 Å². The molecule has 13 atom stereocenters. The molecule has 0 radical (unpaired) electrons. The van der Waals surface area contributed by atoms with Gasteiger partial charge in [-0.2, -0.15) is 0 Å². The van der Waals surface area contributed by atoms with Crippen molar-refractivity contribution < 1.29 is 73.6 Å². The van der Waals surface area contributed by atoms with E-state index in [1.807, 2.05) is 6.92 Å². The first-order chi connectivity index (χ1) is 22.9. The molecule has 6 unspecified atom stereocenters. The Hall–Kier alpha value is -0.330. The van der Waals surface area contributed by atoms with Crippen LogP contribution in [0.25, 0.3) is 0 Å². The van der Waals surface area contributed by atoms with Gasteiger partial charge >= 0.3 is 7.82 Å². The largest absolute Gasteiger partial charge is 0.472 e. The number of phosphoric acid groups is 1. The number of aliphatic hydroxyl groups excluding tert-OH is 8. The third-order valence-corrected chi connectivity index (χ3v) is 10.2. The fourth-order valence-corrected chi connectivity index (χ4v) is 6.96. The van der Waals surface area contributed by atoms with Gasteiger partial charge in [0.1, 0.15) is 61.0 Å². The second-order valence-electron chi connectivity index (χ2n) is 13.1. The number of unbranched alkanes of at least 4 members (excludes halogenated alkanes) is 13. The minimum atomic E-state index is -5.02. The van der Waals surface area contributed by atoms with Crippen molar-refractivity contribution >= 4 is 7.82 Å². The molecule has 1 aliphatic carbocycles. The van der Waals surface area contributed by atoms with Gasteiger partial charge in [-0.05, 0) is 12.8 Å². The first kappa shape index (κ1) is 43.8. The van der Waals surface area contributed by atoms with Crippen LogP contribution in [0.3, 0.4) is 0 Å². The Morgan fingerprint density at radius 3 is 1.62 bits per heavy atom. The lowest BCUT2D eigenvalue weighted by molar-refractivity contribution is -0.338. The van der Waals surface area contributed by atoms with Crippen LogP contribution < -0.4 is 0 Å². The van der Waals surface area contributed by atoms with Crippen LogP contribution in [0.1, 0.15) is 110 Å². The molecule has 9 N–H and O–H groups in total. The summed E-state index contributed by atoms with van der Waals surface area (Å²) < 4.78 is 39.7. The summed E-state index contributed by atoms with van der Waals surface area (Å²) in [6, 6.07) is 0. The van der Waals surface area contributed by atoms with Gasteiger partial charge in [-0.15, -0.1) is 0 Å². The zero-order valence-electron chi connectivity index (χ0n) is 28.6. The predicted molar refractivity (Wildman–Crippen MR) is 174 cm³/mol. The number of phosphoric ester groups is 1. The lowest BCUT2D eigenvalue weighted by Gasteiger charge is -2.47. The number of hydrogen-bond acceptors (Lipinski definition) is 14. The molecule has 286 valence electrons. The molecule has 0 amide bonds. The molecule has 0 aromatic rings. The van der Waals surface area contributed by atoms with Gasteiger partial charge in [-0.25, -0.2) is 4.57 Å². The van der Waals surface area contributed by atoms with Crippen LogP contribution >= 0.6 is 7.82 Å². The van der Waals surface area contributed by atoms with Gasteiger partial charge in [0.15, 0.2) is 6.29 Å². The van der Waals surface area contributed by atoms with Crippen molar-refractivity contribution in [2.24, 2.45) is 0 Å². The monoisotopic (exact) mass is 718 g/mol. The van der Waals surface area contributed by atoms with Gasteiger partial charge in [0.05, 0.1) is 19.3 Å². The zero-order valence-corrected chi connectivity index (χ0v) is 29.5. The minimum Gasteiger partial charge on any atom is -0.394 e. The van der Waals surface area contributed by atoms with Crippen LogP contribution in [0.4, 0.5) is 0 Å². The third kappa shape index (κ3) is 14.4. The smallest absolute Gasteiger partial charge is 0.394 e. The molecule has 48 heavy (non-hydrogen) atoms. The number of rotatable bonds is 25. The van der Waals surface area contributed by atoms with Crippen LogP contribution in [0.5, 0.6) is 0 Å². The maximum Gasteiger partial charge on any atom is 0.472 e. The highest BCUT2D eigenvalue weighted by Crippen LogP contribution is 2.48. The fourth-order valence-electron chi connectivity index (χ4n) is 5.99. The maximum atomic E-state index is 12.9. The Bertz CT molecular complexity index is 884. The number of hydrogen-bond donors (Lipinski definition) is 9. The lowest BCUT2D eigenvalue weighted by atomic mass is 9.84. The SMILES string of the molecule is CCCCCCCCCCCCCCCCO[C@H](CC)COP(=O)(O)O[C@@H]1C(O)C(O)[C@H](O)[C@H](O)C1O[C@H]1OC(CO)[C@@H](O)C(O)[C@H]1O. The molecular weight excluding hydrogens is 655 g/mol. The Morgan fingerprint density at radius 1 is 0.646 bits per heavy atom. The molecule has 1 heterocycles. The quantitative estimate of drug-likeness (QED) is 0.0479. The summed E-state index contributed by atoms with van der Waals surface area (Å²) in [6.07, 6.45) is -3.71. The second-order valence-corrected chi connectivity index (χ2v) is 14.5. The van der Waals surface area contributed by atoms with Crippen LogP contribution in [0.15, 0.2) is 0 Å². The third-order valence-electron chi connectivity index (χ3n) is 9.17. The normalized spacial score (nSPS) is 34.6. The summed E-state index contributed by atoms with van der Waals surface area (Å²) in [5.41, 5.74) is 0. The molecule has 1 saturated carbocycles. The van der Waals surface area contributed by atoms with E-state index >= 15 is 0 Å². The van der Waals surface area contributed by atoms with E-state index in [0.717, 1.165) is 19.3 Å². The summed E-state index contributed by atoms with van der Waals surface area (Å²) in [5, 5.41) is 81.5.